The van der Waals surface area contributed by atoms with Gasteiger partial charge in [0.1, 0.15) is 5.75 Å². The number of carbonyl (C=O) groups excluding carboxylic acids is 1. The molecule has 1 rings (SSSR count). The molecule has 17 heavy (non-hydrogen) atoms. The first-order valence-electron chi connectivity index (χ1n) is 5.94. The quantitative estimate of drug-likeness (QED) is 0.694. The van der Waals surface area contributed by atoms with E-state index in [1.54, 1.807) is 12.1 Å². The van der Waals surface area contributed by atoms with E-state index in [9.17, 15) is 4.79 Å². The van der Waals surface area contributed by atoms with Crippen molar-refractivity contribution in [2.75, 3.05) is 6.54 Å². The minimum absolute atomic E-state index is 0.0920. The highest BCUT2D eigenvalue weighted by atomic mass is 16.3. The molecule has 0 aliphatic rings. The van der Waals surface area contributed by atoms with Gasteiger partial charge in [-0.05, 0) is 30.5 Å². The maximum absolute atomic E-state index is 11.5. The maximum Gasteiger partial charge on any atom is 0.236 e. The Labute approximate surface area is 102 Å². The van der Waals surface area contributed by atoms with Gasteiger partial charge in [-0.25, -0.2) is 0 Å². The molecule has 0 aliphatic carbocycles. The Hall–Kier alpha value is -1.55. The highest BCUT2D eigenvalue weighted by Crippen LogP contribution is 2.09. The molecule has 1 aromatic carbocycles. The Morgan fingerprint density at radius 1 is 1.41 bits per heavy atom. The SMILES string of the molecule is CCC[C@H](N)C(=O)NCCc1ccc(O)cc1. The zero-order chi connectivity index (χ0) is 12.7. The highest BCUT2D eigenvalue weighted by Gasteiger charge is 2.10. The van der Waals surface area contributed by atoms with E-state index in [0.717, 1.165) is 18.4 Å². The summed E-state index contributed by atoms with van der Waals surface area (Å²) in [5, 5.41) is 11.9. The van der Waals surface area contributed by atoms with Crippen LogP contribution in [0.15, 0.2) is 24.3 Å². The van der Waals surface area contributed by atoms with Crippen molar-refractivity contribution in [1.82, 2.24) is 5.32 Å². The molecular formula is C13H20N2O2. The van der Waals surface area contributed by atoms with Crippen LogP contribution in [0, 0.1) is 0 Å². The first-order valence-corrected chi connectivity index (χ1v) is 5.94. The monoisotopic (exact) mass is 236 g/mol. The number of phenols is 1. The van der Waals surface area contributed by atoms with Gasteiger partial charge in [0.25, 0.3) is 0 Å². The molecule has 0 unspecified atom stereocenters. The van der Waals surface area contributed by atoms with Crippen molar-refractivity contribution in [3.05, 3.63) is 29.8 Å². The Morgan fingerprint density at radius 3 is 2.65 bits per heavy atom. The first-order chi connectivity index (χ1) is 8.13. The number of benzene rings is 1. The van der Waals surface area contributed by atoms with Gasteiger partial charge in [0.05, 0.1) is 6.04 Å². The molecular weight excluding hydrogens is 216 g/mol. The van der Waals surface area contributed by atoms with E-state index >= 15 is 0 Å². The number of nitrogens with one attached hydrogen (secondary N) is 1. The van der Waals surface area contributed by atoms with Crippen LogP contribution in [0.1, 0.15) is 25.3 Å². The smallest absolute Gasteiger partial charge is 0.236 e. The number of rotatable bonds is 6. The van der Waals surface area contributed by atoms with Crippen molar-refractivity contribution in [2.24, 2.45) is 5.73 Å². The van der Waals surface area contributed by atoms with Gasteiger partial charge in [-0.15, -0.1) is 0 Å². The van der Waals surface area contributed by atoms with Gasteiger partial charge >= 0.3 is 0 Å². The molecule has 1 amide bonds. The second kappa shape index (κ2) is 6.91. The second-order valence-electron chi connectivity index (χ2n) is 4.10. The van der Waals surface area contributed by atoms with Crippen LogP contribution in [0.4, 0.5) is 0 Å². The molecule has 0 heterocycles. The molecule has 94 valence electrons. The van der Waals surface area contributed by atoms with E-state index < -0.39 is 6.04 Å². The third kappa shape index (κ3) is 4.87. The largest absolute Gasteiger partial charge is 0.508 e. The molecule has 0 spiro atoms. The maximum atomic E-state index is 11.5. The molecule has 0 saturated carbocycles. The Balaban J connectivity index is 2.28. The fourth-order valence-corrected chi connectivity index (χ4v) is 1.57. The molecule has 4 heteroatoms. The molecule has 0 fully saturated rings. The lowest BCUT2D eigenvalue weighted by Gasteiger charge is -2.11. The lowest BCUT2D eigenvalue weighted by atomic mass is 10.1. The molecule has 1 atom stereocenters. The van der Waals surface area contributed by atoms with Crippen LogP contribution in [0.5, 0.6) is 5.75 Å². The van der Waals surface area contributed by atoms with Crippen molar-refractivity contribution in [3.8, 4) is 5.75 Å². The number of hydrogen-bond acceptors (Lipinski definition) is 3. The summed E-state index contributed by atoms with van der Waals surface area (Å²) in [4.78, 5) is 11.5. The van der Waals surface area contributed by atoms with E-state index in [0.29, 0.717) is 13.0 Å². The van der Waals surface area contributed by atoms with Crippen molar-refractivity contribution >= 4 is 5.91 Å². The molecule has 0 bridgehead atoms. The average Bonchev–Trinajstić information content (AvgIpc) is 2.32. The van der Waals surface area contributed by atoms with Gasteiger partial charge < -0.3 is 16.2 Å². The van der Waals surface area contributed by atoms with Crippen LogP contribution in [-0.2, 0) is 11.2 Å². The summed E-state index contributed by atoms with van der Waals surface area (Å²) in [5.41, 5.74) is 6.76. The zero-order valence-electron chi connectivity index (χ0n) is 10.1. The Bertz CT molecular complexity index is 349. The van der Waals surface area contributed by atoms with Crippen LogP contribution in [0.2, 0.25) is 0 Å². The van der Waals surface area contributed by atoms with Crippen molar-refractivity contribution in [2.45, 2.75) is 32.2 Å². The lowest BCUT2D eigenvalue weighted by Crippen LogP contribution is -2.41. The standard InChI is InChI=1S/C13H20N2O2/c1-2-3-12(14)13(17)15-9-8-10-4-6-11(16)7-5-10/h4-7,12,16H,2-3,8-9,14H2,1H3,(H,15,17)/t12-/m0/s1. The number of nitrogens with two attached hydrogens (primary N) is 1. The number of carbonyl (C=O) groups is 1. The van der Waals surface area contributed by atoms with Gasteiger partial charge in [0.15, 0.2) is 0 Å². The molecule has 0 radical (unpaired) electrons. The third-order valence-electron chi connectivity index (χ3n) is 2.59. The lowest BCUT2D eigenvalue weighted by molar-refractivity contribution is -0.122. The molecule has 0 saturated heterocycles. The van der Waals surface area contributed by atoms with Crippen LogP contribution >= 0.6 is 0 Å². The predicted octanol–water partition coefficient (Wildman–Crippen LogP) is 1.18. The Morgan fingerprint density at radius 2 is 2.06 bits per heavy atom. The van der Waals surface area contributed by atoms with E-state index in [1.807, 2.05) is 19.1 Å². The van der Waals surface area contributed by atoms with E-state index in [2.05, 4.69) is 5.32 Å². The van der Waals surface area contributed by atoms with Crippen LogP contribution in [-0.4, -0.2) is 23.6 Å². The summed E-state index contributed by atoms with van der Waals surface area (Å²) < 4.78 is 0. The average molecular weight is 236 g/mol. The van der Waals surface area contributed by atoms with E-state index in [-0.39, 0.29) is 11.7 Å². The summed E-state index contributed by atoms with van der Waals surface area (Å²) in [6, 6.07) is 6.56. The topological polar surface area (TPSA) is 75.4 Å². The number of phenolic OH excluding ortho intramolecular Hbond substituents is 1. The minimum atomic E-state index is -0.403. The van der Waals surface area contributed by atoms with Crippen molar-refractivity contribution in [1.29, 1.82) is 0 Å². The molecule has 4 N–H and O–H groups in total. The molecule has 0 aromatic heterocycles. The Kier molecular flexibility index (Phi) is 5.49. The predicted molar refractivity (Wildman–Crippen MR) is 67.7 cm³/mol. The number of amides is 1. The summed E-state index contributed by atoms with van der Waals surface area (Å²) >= 11 is 0. The highest BCUT2D eigenvalue weighted by molar-refractivity contribution is 5.81. The van der Waals surface area contributed by atoms with Crippen LogP contribution in [0.25, 0.3) is 0 Å². The number of aromatic hydroxyl groups is 1. The normalized spacial score (nSPS) is 12.1. The van der Waals surface area contributed by atoms with Gasteiger partial charge in [-0.1, -0.05) is 25.5 Å². The summed E-state index contributed by atoms with van der Waals surface area (Å²) in [6.45, 7) is 2.57. The van der Waals surface area contributed by atoms with Crippen molar-refractivity contribution < 1.29 is 9.90 Å². The van der Waals surface area contributed by atoms with E-state index in [4.69, 9.17) is 10.8 Å². The molecule has 4 nitrogen and oxygen atoms in total. The van der Waals surface area contributed by atoms with Crippen molar-refractivity contribution in [3.63, 3.8) is 0 Å². The first kappa shape index (κ1) is 13.5. The summed E-state index contributed by atoms with van der Waals surface area (Å²) in [7, 11) is 0. The van der Waals surface area contributed by atoms with Gasteiger partial charge in [-0.2, -0.15) is 0 Å². The number of hydrogen-bond donors (Lipinski definition) is 3. The molecule has 0 aliphatic heterocycles. The minimum Gasteiger partial charge on any atom is -0.508 e. The van der Waals surface area contributed by atoms with Crippen LogP contribution < -0.4 is 11.1 Å². The van der Waals surface area contributed by atoms with Gasteiger partial charge in [0, 0.05) is 6.54 Å². The fourth-order valence-electron chi connectivity index (χ4n) is 1.57. The van der Waals surface area contributed by atoms with E-state index in [1.165, 1.54) is 0 Å². The second-order valence-corrected chi connectivity index (χ2v) is 4.10. The molecule has 1 aromatic rings. The third-order valence-corrected chi connectivity index (χ3v) is 2.59. The fraction of sp³-hybridized carbons (Fsp3) is 0.462. The van der Waals surface area contributed by atoms with Gasteiger partial charge in [0.2, 0.25) is 5.91 Å². The summed E-state index contributed by atoms with van der Waals surface area (Å²) in [6.07, 6.45) is 2.36. The van der Waals surface area contributed by atoms with Gasteiger partial charge in [-0.3, -0.25) is 4.79 Å². The van der Waals surface area contributed by atoms with Crippen LogP contribution in [0.3, 0.4) is 0 Å². The zero-order valence-corrected chi connectivity index (χ0v) is 10.1. The summed E-state index contributed by atoms with van der Waals surface area (Å²) in [5.74, 6) is 0.161.